The highest BCUT2D eigenvalue weighted by Crippen LogP contribution is 2.54. The molecule has 0 bridgehead atoms. The Morgan fingerprint density at radius 2 is 1.81 bits per heavy atom. The van der Waals surface area contributed by atoms with Crippen LogP contribution in [-0.4, -0.2) is 66.3 Å². The second-order valence-corrected chi connectivity index (χ2v) is 11.6. The molecule has 2 rings (SSSR count). The van der Waals surface area contributed by atoms with E-state index < -0.39 is 37.5 Å². The molecule has 1 heterocycles. The normalized spacial score (nSPS) is 28.8. The zero-order valence-corrected chi connectivity index (χ0v) is 19.5. The van der Waals surface area contributed by atoms with Crippen molar-refractivity contribution in [2.75, 3.05) is 12.3 Å². The van der Waals surface area contributed by atoms with E-state index in [9.17, 15) is 26.2 Å². The predicted molar refractivity (Wildman–Crippen MR) is 115 cm³/mol. The number of allylic oxidation sites excluding steroid dienone is 2. The van der Waals surface area contributed by atoms with E-state index in [-0.39, 0.29) is 35.6 Å². The van der Waals surface area contributed by atoms with Gasteiger partial charge in [0.25, 0.3) is 10.1 Å². The molecule has 2 aliphatic rings. The number of carbonyl (C=O) groups is 1. The summed E-state index contributed by atoms with van der Waals surface area (Å²) < 4.78 is 64.9. The first-order valence-electron chi connectivity index (χ1n) is 10.5. The van der Waals surface area contributed by atoms with Crippen LogP contribution in [0.4, 0.5) is 0 Å². The molecule has 176 valence electrons. The van der Waals surface area contributed by atoms with Crippen molar-refractivity contribution in [3.05, 3.63) is 23.1 Å². The van der Waals surface area contributed by atoms with Gasteiger partial charge in [-0.25, -0.2) is 0 Å². The largest absolute Gasteiger partial charge is 0.481 e. The highest BCUT2D eigenvalue weighted by molar-refractivity contribution is 7.89. The first kappa shape index (κ1) is 25.9. The molecule has 1 saturated heterocycles. The van der Waals surface area contributed by atoms with E-state index in [2.05, 4.69) is 11.0 Å². The van der Waals surface area contributed by atoms with Crippen LogP contribution in [0.15, 0.2) is 17.1 Å². The number of nitrogens with zero attached hydrogens (tertiary/aromatic N) is 1. The number of likely N-dealkylation sites (tertiary alicyclic amines) is 1. The van der Waals surface area contributed by atoms with Crippen LogP contribution in [0.5, 0.6) is 0 Å². The molecule has 1 aliphatic carbocycles. The molecule has 11 heteroatoms. The molecular weight excluding hydrogens is 446 g/mol. The number of hydrogen-bond donors (Lipinski definition) is 3. The molecular formula is C20H32NO8S2+. The van der Waals surface area contributed by atoms with Crippen LogP contribution in [-0.2, 0) is 25.0 Å². The third-order valence-electron chi connectivity index (χ3n) is 6.64. The number of rotatable bonds is 12. The van der Waals surface area contributed by atoms with Gasteiger partial charge in [0.2, 0.25) is 4.91 Å². The lowest BCUT2D eigenvalue weighted by Gasteiger charge is -2.35. The monoisotopic (exact) mass is 478 g/mol. The maximum atomic E-state index is 12.1. The van der Waals surface area contributed by atoms with Crippen LogP contribution < -0.4 is 0 Å². The molecule has 1 aliphatic heterocycles. The van der Waals surface area contributed by atoms with Gasteiger partial charge in [-0.2, -0.15) is 16.8 Å². The summed E-state index contributed by atoms with van der Waals surface area (Å²) in [5, 5.41) is 8.81. The number of carboxylic acid groups (broad SMARTS) is 1. The molecule has 0 spiro atoms. The Hall–Kier alpha value is -1.36. The molecule has 0 saturated carbocycles. The van der Waals surface area contributed by atoms with Crippen LogP contribution >= 0.6 is 0 Å². The van der Waals surface area contributed by atoms with Gasteiger partial charge in [-0.05, 0) is 38.0 Å². The van der Waals surface area contributed by atoms with Crippen molar-refractivity contribution in [1.29, 1.82) is 0 Å². The smallest absolute Gasteiger partial charge is 0.319 e. The van der Waals surface area contributed by atoms with Gasteiger partial charge in [0.05, 0.1) is 17.7 Å². The summed E-state index contributed by atoms with van der Waals surface area (Å²) in [6.07, 6.45) is 9.54. The number of unbranched alkanes of at least 4 members (excludes halogenated alkanes) is 3. The summed E-state index contributed by atoms with van der Waals surface area (Å²) in [6, 6.07) is -0.364. The van der Waals surface area contributed by atoms with E-state index in [1.807, 2.05) is 19.9 Å². The molecule has 31 heavy (non-hydrogen) atoms. The van der Waals surface area contributed by atoms with Crippen molar-refractivity contribution in [2.24, 2.45) is 11.3 Å². The van der Waals surface area contributed by atoms with Crippen LogP contribution in [0.1, 0.15) is 58.8 Å². The fourth-order valence-corrected chi connectivity index (χ4v) is 6.47. The lowest BCUT2D eigenvalue weighted by atomic mass is 9.69. The third-order valence-corrected chi connectivity index (χ3v) is 8.37. The van der Waals surface area contributed by atoms with E-state index in [4.69, 9.17) is 9.66 Å². The van der Waals surface area contributed by atoms with Gasteiger partial charge in [0.1, 0.15) is 12.1 Å². The lowest BCUT2D eigenvalue weighted by molar-refractivity contribution is -0.137. The minimum absolute atomic E-state index is 0.0750. The van der Waals surface area contributed by atoms with Crippen LogP contribution in [0.25, 0.3) is 0 Å². The Morgan fingerprint density at radius 3 is 2.39 bits per heavy atom. The Balaban J connectivity index is 2.20. The minimum atomic E-state index is -4.45. The van der Waals surface area contributed by atoms with Crippen LogP contribution in [0.3, 0.4) is 0 Å². The topological polar surface area (TPSA) is 149 Å². The second-order valence-electron chi connectivity index (χ2n) is 8.68. The summed E-state index contributed by atoms with van der Waals surface area (Å²) >= 11 is 0. The van der Waals surface area contributed by atoms with E-state index in [0.717, 1.165) is 6.42 Å². The number of fused-ring (bicyclic) bond motifs is 1. The second kappa shape index (κ2) is 10.1. The molecule has 0 aromatic rings. The Labute approximate surface area is 184 Å². The predicted octanol–water partition coefficient (Wildman–Crippen LogP) is 2.53. The van der Waals surface area contributed by atoms with Crippen LogP contribution in [0.2, 0.25) is 0 Å². The number of aliphatic carboxylic acids is 1. The van der Waals surface area contributed by atoms with E-state index in [1.165, 1.54) is 6.08 Å². The zero-order chi connectivity index (χ0) is 23.4. The molecule has 3 N–H and O–H groups in total. The summed E-state index contributed by atoms with van der Waals surface area (Å²) in [5.41, 5.74) is -0.514. The van der Waals surface area contributed by atoms with Crippen molar-refractivity contribution in [2.45, 2.75) is 70.9 Å². The first-order chi connectivity index (χ1) is 14.3. The Kier molecular flexibility index (Phi) is 8.40. The molecule has 4 unspecified atom stereocenters. The van der Waals surface area contributed by atoms with Crippen molar-refractivity contribution < 1.29 is 35.8 Å². The van der Waals surface area contributed by atoms with E-state index >= 15 is 0 Å². The number of hydrogen-bond acceptors (Lipinski definition) is 6. The quantitative estimate of drug-likeness (QED) is 0.218. The average Bonchev–Trinajstić information content (AvgIpc) is 2.85. The van der Waals surface area contributed by atoms with Crippen molar-refractivity contribution in [3.8, 4) is 0 Å². The van der Waals surface area contributed by atoms with Gasteiger partial charge in [0, 0.05) is 19.0 Å². The fraction of sp³-hybridized carbons (Fsp3) is 0.750. The molecule has 0 radical (unpaired) electrons. The van der Waals surface area contributed by atoms with Gasteiger partial charge < -0.3 is 5.11 Å². The fourth-order valence-electron chi connectivity index (χ4n) is 4.95. The lowest BCUT2D eigenvalue weighted by Crippen LogP contribution is -2.38. The highest BCUT2D eigenvalue weighted by Gasteiger charge is 2.60. The van der Waals surface area contributed by atoms with E-state index in [0.29, 0.717) is 32.2 Å². The van der Waals surface area contributed by atoms with Gasteiger partial charge in [-0.1, -0.05) is 19.8 Å². The summed E-state index contributed by atoms with van der Waals surface area (Å²) in [7, 11) is -8.48. The molecule has 1 fully saturated rings. The van der Waals surface area contributed by atoms with Gasteiger partial charge in [-0.15, -0.1) is 0 Å². The SMILES string of the molecule is CC1N(CCCCS(=O)(=O)O)C2C=C[C+]=C(S(=O)(=O)O)C2C1(C)CCCCCC(=O)O. The Bertz CT molecular complexity index is 925. The van der Waals surface area contributed by atoms with Crippen molar-refractivity contribution in [1.82, 2.24) is 4.90 Å². The van der Waals surface area contributed by atoms with E-state index in [1.54, 1.807) is 0 Å². The first-order valence-corrected chi connectivity index (χ1v) is 13.5. The minimum Gasteiger partial charge on any atom is -0.481 e. The van der Waals surface area contributed by atoms with Gasteiger partial charge in [-0.3, -0.25) is 18.8 Å². The third kappa shape index (κ3) is 6.57. The van der Waals surface area contributed by atoms with Crippen molar-refractivity contribution in [3.63, 3.8) is 0 Å². The summed E-state index contributed by atoms with van der Waals surface area (Å²) in [6.45, 7) is 4.49. The number of carboxylic acids is 1. The van der Waals surface area contributed by atoms with Crippen LogP contribution in [0, 0.1) is 17.4 Å². The summed E-state index contributed by atoms with van der Waals surface area (Å²) in [4.78, 5) is 12.7. The zero-order valence-electron chi connectivity index (χ0n) is 17.9. The summed E-state index contributed by atoms with van der Waals surface area (Å²) in [5.74, 6) is -1.69. The standard InChI is InChI=1S/C20H31NO8S2/c1-15-20(2,12-5-3-4-11-18(22)23)19-16(9-8-10-17(19)31(27,28)29)21(15)13-6-7-14-30(24,25)26/h8-9,15-16,19H,3-7,11-14H2,1-2H3,(H2-,22,23,24,25,26,27,28,29)/p+1. The average molecular weight is 479 g/mol. The molecule has 0 aromatic heterocycles. The van der Waals surface area contributed by atoms with Crippen molar-refractivity contribution >= 4 is 26.2 Å². The maximum absolute atomic E-state index is 12.1. The molecule has 9 nitrogen and oxygen atoms in total. The maximum Gasteiger partial charge on any atom is 0.319 e. The Morgan fingerprint density at radius 1 is 1.13 bits per heavy atom. The highest BCUT2D eigenvalue weighted by atomic mass is 32.2. The van der Waals surface area contributed by atoms with Gasteiger partial charge >= 0.3 is 16.1 Å². The molecule has 0 amide bonds. The van der Waals surface area contributed by atoms with Gasteiger partial charge in [0.15, 0.2) is 6.08 Å². The molecule has 4 atom stereocenters. The molecule has 0 aromatic carbocycles.